The molecule has 3 aromatic heterocycles. The number of aliphatic hydroxyl groups is 1. The Labute approximate surface area is 248 Å². The van der Waals surface area contributed by atoms with Crippen LogP contribution in [0.2, 0.25) is 5.02 Å². The third-order valence-electron chi connectivity index (χ3n) is 8.34. The van der Waals surface area contributed by atoms with E-state index in [2.05, 4.69) is 27.3 Å². The molecule has 1 aromatic carbocycles. The number of anilines is 1. The molecule has 2 atom stereocenters. The highest BCUT2D eigenvalue weighted by Crippen LogP contribution is 2.44. The van der Waals surface area contributed by atoms with E-state index < -0.39 is 17.2 Å². The zero-order chi connectivity index (χ0) is 28.9. The zero-order valence-electron chi connectivity index (χ0n) is 23.7. The lowest BCUT2D eigenvalue weighted by molar-refractivity contribution is 0.0465. The van der Waals surface area contributed by atoms with Crippen LogP contribution in [0.15, 0.2) is 52.3 Å². The molecule has 1 saturated heterocycles. The van der Waals surface area contributed by atoms with Gasteiger partial charge < -0.3 is 15.3 Å². The first kappa shape index (κ1) is 28.2. The Morgan fingerprint density at radius 3 is 2.78 bits per heavy atom. The van der Waals surface area contributed by atoms with Crippen molar-refractivity contribution in [2.75, 3.05) is 24.5 Å². The van der Waals surface area contributed by atoms with Gasteiger partial charge in [-0.05, 0) is 61.1 Å². The van der Waals surface area contributed by atoms with Crippen LogP contribution in [0.1, 0.15) is 44.1 Å². The molecule has 8 nitrogen and oxygen atoms in total. The fraction of sp³-hybridized carbons (Fsp3) is 0.452. The molecule has 2 N–H and O–H groups in total. The number of aliphatic hydroxyl groups excluding tert-OH is 1. The second-order valence-electron chi connectivity index (χ2n) is 12.2. The molecule has 0 spiro atoms. The average Bonchev–Trinajstić information content (AvgIpc) is 3.61. The summed E-state index contributed by atoms with van der Waals surface area (Å²) in [5, 5.41) is 14.8. The topological polar surface area (TPSA) is 92.4 Å². The van der Waals surface area contributed by atoms with Crippen molar-refractivity contribution in [2.45, 2.75) is 65.3 Å². The van der Waals surface area contributed by atoms with Crippen LogP contribution in [0.25, 0.3) is 21.3 Å². The maximum atomic E-state index is 13.3. The van der Waals surface area contributed by atoms with Gasteiger partial charge in [0.25, 0.3) is 5.56 Å². The Morgan fingerprint density at radius 1 is 1.20 bits per heavy atom. The molecule has 4 aromatic rings. The molecule has 5 heterocycles. The third-order valence-corrected chi connectivity index (χ3v) is 9.70. The van der Waals surface area contributed by atoms with Crippen molar-refractivity contribution < 1.29 is 5.11 Å². The molecular weight excluding hydrogens is 558 g/mol. The van der Waals surface area contributed by atoms with E-state index in [0.717, 1.165) is 70.1 Å². The standard InChI is InChI=1S/C31H36ClN5O3S/c1-31(2,3)26(38)18-35-12-8-27(39)37(30(35)40)17-22-15-25-29(41-22)23(7-10-34-25)24-14-20(32)13-19-5-4-11-36(28(19)24)21-6-9-33-16-21/h7-8,10,12-15,21,26,33,38H,4-6,9,11,16-18H2,1-3H3/t21-,26+/m0/s1. The molecule has 0 unspecified atom stereocenters. The number of hydrogen-bond acceptors (Lipinski definition) is 7. The van der Waals surface area contributed by atoms with Crippen LogP contribution in [-0.4, -0.2) is 51.0 Å². The van der Waals surface area contributed by atoms with Crippen LogP contribution in [0.3, 0.4) is 0 Å². The number of halogens is 1. The van der Waals surface area contributed by atoms with E-state index in [1.807, 2.05) is 39.1 Å². The van der Waals surface area contributed by atoms with Crippen molar-refractivity contribution in [1.29, 1.82) is 0 Å². The van der Waals surface area contributed by atoms with E-state index in [1.165, 1.54) is 32.6 Å². The SMILES string of the molecule is CC(C)(C)[C@H](O)Cn1ccc(=O)n(Cc2cc3nccc(-c4cc(Cl)cc5c4N([C@H]4CCNC4)CCC5)c3s2)c1=O. The normalized spacial score (nSPS) is 18.2. The number of nitrogens with one attached hydrogen (secondary N) is 1. The molecule has 216 valence electrons. The molecule has 0 aliphatic carbocycles. The van der Waals surface area contributed by atoms with Crippen molar-refractivity contribution in [3.8, 4) is 11.1 Å². The molecule has 0 radical (unpaired) electrons. The number of benzene rings is 1. The number of pyridine rings is 1. The van der Waals surface area contributed by atoms with Gasteiger partial charge in [0.05, 0.1) is 29.4 Å². The van der Waals surface area contributed by atoms with Gasteiger partial charge in [0.2, 0.25) is 0 Å². The highest BCUT2D eigenvalue weighted by molar-refractivity contribution is 7.19. The van der Waals surface area contributed by atoms with Gasteiger partial charge in [-0.3, -0.25) is 18.9 Å². The van der Waals surface area contributed by atoms with E-state index in [9.17, 15) is 14.7 Å². The largest absolute Gasteiger partial charge is 0.391 e. The fourth-order valence-corrected chi connectivity index (χ4v) is 7.32. The second kappa shape index (κ2) is 11.0. The number of thiophene rings is 1. The first-order valence-corrected chi connectivity index (χ1v) is 15.5. The van der Waals surface area contributed by atoms with Gasteiger partial charge in [-0.15, -0.1) is 11.3 Å². The average molecular weight is 594 g/mol. The zero-order valence-corrected chi connectivity index (χ0v) is 25.3. The summed E-state index contributed by atoms with van der Waals surface area (Å²) in [7, 11) is 0. The number of hydrogen-bond donors (Lipinski definition) is 2. The van der Waals surface area contributed by atoms with Crippen LogP contribution in [0.4, 0.5) is 5.69 Å². The van der Waals surface area contributed by atoms with Gasteiger partial charge in [0.15, 0.2) is 0 Å². The lowest BCUT2D eigenvalue weighted by atomic mass is 9.89. The van der Waals surface area contributed by atoms with Gasteiger partial charge in [0, 0.05) is 64.3 Å². The summed E-state index contributed by atoms with van der Waals surface area (Å²) >= 11 is 8.23. The minimum absolute atomic E-state index is 0.119. The molecule has 0 amide bonds. The summed E-state index contributed by atoms with van der Waals surface area (Å²) in [6.45, 7) is 9.04. The predicted octanol–water partition coefficient (Wildman–Crippen LogP) is 4.51. The fourth-order valence-electron chi connectivity index (χ4n) is 5.95. The minimum atomic E-state index is -0.731. The van der Waals surface area contributed by atoms with Crippen molar-refractivity contribution in [1.82, 2.24) is 19.4 Å². The first-order valence-electron chi connectivity index (χ1n) is 14.3. The summed E-state index contributed by atoms with van der Waals surface area (Å²) in [6, 6.07) is 10.0. The second-order valence-corrected chi connectivity index (χ2v) is 13.8. The van der Waals surface area contributed by atoms with E-state index in [-0.39, 0.29) is 18.6 Å². The van der Waals surface area contributed by atoms with Crippen molar-refractivity contribution in [3.63, 3.8) is 0 Å². The molecule has 41 heavy (non-hydrogen) atoms. The molecule has 2 aliphatic heterocycles. The van der Waals surface area contributed by atoms with Gasteiger partial charge in [-0.25, -0.2) is 4.79 Å². The van der Waals surface area contributed by atoms with Crippen LogP contribution in [0, 0.1) is 5.41 Å². The van der Waals surface area contributed by atoms with E-state index in [4.69, 9.17) is 11.6 Å². The van der Waals surface area contributed by atoms with E-state index in [1.54, 1.807) is 11.3 Å². The first-order chi connectivity index (χ1) is 19.6. The van der Waals surface area contributed by atoms with Gasteiger partial charge >= 0.3 is 5.69 Å². The maximum absolute atomic E-state index is 13.3. The molecule has 2 aliphatic rings. The Morgan fingerprint density at radius 2 is 2.02 bits per heavy atom. The number of nitrogens with zero attached hydrogens (tertiary/aromatic N) is 4. The quantitative estimate of drug-likeness (QED) is 0.342. The van der Waals surface area contributed by atoms with Crippen LogP contribution in [0.5, 0.6) is 0 Å². The summed E-state index contributed by atoms with van der Waals surface area (Å²) in [5.74, 6) is 0. The number of aromatic nitrogens is 3. The Kier molecular flexibility index (Phi) is 7.57. The number of aryl methyl sites for hydroxylation is 1. The van der Waals surface area contributed by atoms with Crippen LogP contribution in [-0.2, 0) is 19.5 Å². The summed E-state index contributed by atoms with van der Waals surface area (Å²) in [5.41, 5.74) is 4.34. The monoisotopic (exact) mass is 593 g/mol. The van der Waals surface area contributed by atoms with Crippen molar-refractivity contribution in [2.24, 2.45) is 5.41 Å². The highest BCUT2D eigenvalue weighted by atomic mass is 35.5. The Hall–Kier alpha value is -2.98. The molecular formula is C31H36ClN5O3S. The highest BCUT2D eigenvalue weighted by Gasteiger charge is 2.30. The molecule has 6 rings (SSSR count). The van der Waals surface area contributed by atoms with Gasteiger partial charge in [0.1, 0.15) is 0 Å². The lowest BCUT2D eigenvalue weighted by Crippen LogP contribution is -2.42. The molecule has 0 saturated carbocycles. The smallest absolute Gasteiger partial charge is 0.331 e. The lowest BCUT2D eigenvalue weighted by Gasteiger charge is -2.38. The third kappa shape index (κ3) is 5.48. The summed E-state index contributed by atoms with van der Waals surface area (Å²) in [4.78, 5) is 34.2. The van der Waals surface area contributed by atoms with Crippen molar-refractivity contribution in [3.05, 3.63) is 79.0 Å². The minimum Gasteiger partial charge on any atom is -0.391 e. The molecule has 1 fully saturated rings. The van der Waals surface area contributed by atoms with Gasteiger partial charge in [-0.2, -0.15) is 0 Å². The Balaban J connectivity index is 1.40. The van der Waals surface area contributed by atoms with E-state index in [0.29, 0.717) is 6.04 Å². The van der Waals surface area contributed by atoms with Crippen LogP contribution >= 0.6 is 22.9 Å². The number of rotatable bonds is 6. The predicted molar refractivity (Wildman–Crippen MR) is 167 cm³/mol. The summed E-state index contributed by atoms with van der Waals surface area (Å²) in [6.07, 6.45) is 5.78. The van der Waals surface area contributed by atoms with E-state index >= 15 is 0 Å². The Bertz CT molecular complexity index is 1710. The number of fused-ring (bicyclic) bond motifs is 2. The maximum Gasteiger partial charge on any atom is 0.331 e. The molecule has 10 heteroatoms. The van der Waals surface area contributed by atoms with Crippen molar-refractivity contribution >= 4 is 38.8 Å². The molecule has 0 bridgehead atoms. The summed E-state index contributed by atoms with van der Waals surface area (Å²) < 4.78 is 3.66. The van der Waals surface area contributed by atoms with Gasteiger partial charge in [-0.1, -0.05) is 32.4 Å². The van der Waals surface area contributed by atoms with Crippen LogP contribution < -0.4 is 21.5 Å².